The molecule has 0 saturated heterocycles. The standard InChI is InChI=1S/C24H28N4O2S/c1-5-18(6-2)28-23(7-3)21-13-8-17(16-22(21)26-28)24-14-15-25-27(24)19-9-11-20(12-10-19)31(4,29)30/h8-16,18H,5-7H2,1-4H3. The van der Waals surface area contributed by atoms with Crippen LogP contribution < -0.4 is 0 Å². The summed E-state index contributed by atoms with van der Waals surface area (Å²) in [7, 11) is -3.23. The van der Waals surface area contributed by atoms with Crippen molar-refractivity contribution in [3.63, 3.8) is 0 Å². The Morgan fingerprint density at radius 2 is 1.68 bits per heavy atom. The van der Waals surface area contributed by atoms with Crippen LogP contribution in [0.4, 0.5) is 0 Å². The summed E-state index contributed by atoms with van der Waals surface area (Å²) in [6, 6.07) is 15.5. The predicted octanol–water partition coefficient (Wildman–Crippen LogP) is 5.22. The number of hydrogen-bond acceptors (Lipinski definition) is 4. The third-order valence-electron chi connectivity index (χ3n) is 5.87. The molecule has 0 aliphatic heterocycles. The number of benzene rings is 2. The minimum absolute atomic E-state index is 0.297. The van der Waals surface area contributed by atoms with Gasteiger partial charge < -0.3 is 0 Å². The molecule has 2 aromatic carbocycles. The van der Waals surface area contributed by atoms with Crippen LogP contribution in [0.5, 0.6) is 0 Å². The average molecular weight is 437 g/mol. The van der Waals surface area contributed by atoms with Gasteiger partial charge in [0.05, 0.1) is 34.0 Å². The van der Waals surface area contributed by atoms with Crippen LogP contribution in [0.15, 0.2) is 59.6 Å². The molecule has 0 bridgehead atoms. The topological polar surface area (TPSA) is 69.8 Å². The van der Waals surface area contributed by atoms with Gasteiger partial charge in [0.2, 0.25) is 0 Å². The first kappa shape index (κ1) is 21.3. The Bertz CT molecular complexity index is 1310. The van der Waals surface area contributed by atoms with Crippen molar-refractivity contribution in [1.29, 1.82) is 0 Å². The molecule has 0 spiro atoms. The lowest BCUT2D eigenvalue weighted by Crippen LogP contribution is -2.11. The molecule has 0 aliphatic rings. The van der Waals surface area contributed by atoms with Crippen LogP contribution in [0.25, 0.3) is 27.8 Å². The highest BCUT2D eigenvalue weighted by molar-refractivity contribution is 7.90. The fraction of sp³-hybridized carbons (Fsp3) is 0.333. The quantitative estimate of drug-likeness (QED) is 0.398. The van der Waals surface area contributed by atoms with Gasteiger partial charge >= 0.3 is 0 Å². The van der Waals surface area contributed by atoms with E-state index in [-0.39, 0.29) is 0 Å². The maximum atomic E-state index is 11.8. The molecule has 31 heavy (non-hydrogen) atoms. The Morgan fingerprint density at radius 1 is 0.968 bits per heavy atom. The Labute approximate surface area is 183 Å². The molecule has 162 valence electrons. The van der Waals surface area contributed by atoms with Crippen molar-refractivity contribution in [2.45, 2.75) is 51.0 Å². The average Bonchev–Trinajstić information content (AvgIpc) is 3.38. The number of fused-ring (bicyclic) bond motifs is 1. The molecule has 2 aromatic heterocycles. The zero-order chi connectivity index (χ0) is 22.2. The van der Waals surface area contributed by atoms with Crippen molar-refractivity contribution in [1.82, 2.24) is 19.6 Å². The molecule has 0 aliphatic carbocycles. The third kappa shape index (κ3) is 3.90. The normalized spacial score (nSPS) is 12.2. The van der Waals surface area contributed by atoms with Gasteiger partial charge in [0, 0.05) is 22.9 Å². The van der Waals surface area contributed by atoms with E-state index in [1.54, 1.807) is 30.5 Å². The lowest BCUT2D eigenvalue weighted by Gasteiger charge is -2.16. The van der Waals surface area contributed by atoms with Crippen molar-refractivity contribution < 1.29 is 8.42 Å². The first-order valence-electron chi connectivity index (χ1n) is 10.7. The summed E-state index contributed by atoms with van der Waals surface area (Å²) in [5, 5.41) is 10.6. The molecule has 7 heteroatoms. The molecule has 4 rings (SSSR count). The first-order valence-corrected chi connectivity index (χ1v) is 12.6. The van der Waals surface area contributed by atoms with E-state index in [2.05, 4.69) is 48.8 Å². The van der Waals surface area contributed by atoms with Crippen molar-refractivity contribution >= 4 is 20.7 Å². The smallest absolute Gasteiger partial charge is 0.175 e. The van der Waals surface area contributed by atoms with Crippen LogP contribution in [0.1, 0.15) is 45.3 Å². The molecule has 0 amide bonds. The summed E-state index contributed by atoms with van der Waals surface area (Å²) in [6.45, 7) is 6.59. The van der Waals surface area contributed by atoms with E-state index in [0.717, 1.165) is 41.7 Å². The summed E-state index contributed by atoms with van der Waals surface area (Å²) in [5.41, 5.74) is 5.03. The van der Waals surface area contributed by atoms with Gasteiger partial charge in [-0.15, -0.1) is 0 Å². The SMILES string of the molecule is CCc1c2ccc(-c3ccnn3-c3ccc(S(C)(=O)=O)cc3)cc2nn1C(CC)CC. The van der Waals surface area contributed by atoms with Crippen LogP contribution in [0.3, 0.4) is 0 Å². The van der Waals surface area contributed by atoms with E-state index in [9.17, 15) is 8.42 Å². The van der Waals surface area contributed by atoms with Crippen LogP contribution in [-0.4, -0.2) is 34.2 Å². The monoisotopic (exact) mass is 436 g/mol. The highest BCUT2D eigenvalue weighted by Gasteiger charge is 2.17. The molecule has 0 fully saturated rings. The van der Waals surface area contributed by atoms with Gasteiger partial charge in [-0.25, -0.2) is 13.1 Å². The van der Waals surface area contributed by atoms with E-state index in [1.807, 2.05) is 10.7 Å². The van der Waals surface area contributed by atoms with E-state index < -0.39 is 9.84 Å². The minimum Gasteiger partial charge on any atom is -0.265 e. The summed E-state index contributed by atoms with van der Waals surface area (Å²) in [4.78, 5) is 0.297. The molecule has 6 nitrogen and oxygen atoms in total. The van der Waals surface area contributed by atoms with Gasteiger partial charge in [0.15, 0.2) is 9.84 Å². The van der Waals surface area contributed by atoms with Crippen molar-refractivity contribution in [2.75, 3.05) is 6.26 Å². The number of rotatable bonds is 7. The van der Waals surface area contributed by atoms with E-state index in [0.29, 0.717) is 10.9 Å². The molecular weight excluding hydrogens is 408 g/mol. The Balaban J connectivity index is 1.78. The Hall–Kier alpha value is -2.93. The first-order chi connectivity index (χ1) is 14.9. The maximum absolute atomic E-state index is 11.8. The Kier molecular flexibility index (Phi) is 5.71. The van der Waals surface area contributed by atoms with E-state index in [4.69, 9.17) is 5.10 Å². The molecule has 4 aromatic rings. The van der Waals surface area contributed by atoms with Crippen LogP contribution in [-0.2, 0) is 16.3 Å². The van der Waals surface area contributed by atoms with Gasteiger partial charge in [-0.3, -0.25) is 4.68 Å². The number of sulfone groups is 1. The summed E-state index contributed by atoms with van der Waals surface area (Å²) in [5.74, 6) is 0. The number of aromatic nitrogens is 4. The van der Waals surface area contributed by atoms with E-state index >= 15 is 0 Å². The summed E-state index contributed by atoms with van der Waals surface area (Å²) < 4.78 is 27.5. The van der Waals surface area contributed by atoms with Gasteiger partial charge in [-0.1, -0.05) is 32.9 Å². The van der Waals surface area contributed by atoms with Crippen molar-refractivity contribution in [3.8, 4) is 16.9 Å². The molecular formula is C24H28N4O2S. The molecule has 0 atom stereocenters. The molecule has 0 unspecified atom stereocenters. The second-order valence-corrected chi connectivity index (χ2v) is 9.86. The zero-order valence-electron chi connectivity index (χ0n) is 18.4. The van der Waals surface area contributed by atoms with Gasteiger partial charge in [-0.05, 0) is 55.7 Å². The highest BCUT2D eigenvalue weighted by Crippen LogP contribution is 2.30. The summed E-state index contributed by atoms with van der Waals surface area (Å²) in [6.07, 6.45) is 6.02. The van der Waals surface area contributed by atoms with Gasteiger partial charge in [-0.2, -0.15) is 10.2 Å². The van der Waals surface area contributed by atoms with Crippen LogP contribution in [0, 0.1) is 0 Å². The van der Waals surface area contributed by atoms with E-state index in [1.165, 1.54) is 17.3 Å². The molecule has 2 heterocycles. The maximum Gasteiger partial charge on any atom is 0.175 e. The predicted molar refractivity (Wildman–Crippen MR) is 124 cm³/mol. The lowest BCUT2D eigenvalue weighted by atomic mass is 10.1. The minimum atomic E-state index is -3.23. The highest BCUT2D eigenvalue weighted by atomic mass is 32.2. The molecule has 0 radical (unpaired) electrons. The number of hydrogen-bond donors (Lipinski definition) is 0. The fourth-order valence-electron chi connectivity index (χ4n) is 4.17. The third-order valence-corrected chi connectivity index (χ3v) is 7.00. The van der Waals surface area contributed by atoms with Gasteiger partial charge in [0.25, 0.3) is 0 Å². The van der Waals surface area contributed by atoms with Crippen molar-refractivity contribution in [2.24, 2.45) is 0 Å². The second-order valence-electron chi connectivity index (χ2n) is 7.84. The molecule has 0 N–H and O–H groups in total. The zero-order valence-corrected chi connectivity index (χ0v) is 19.2. The largest absolute Gasteiger partial charge is 0.265 e. The van der Waals surface area contributed by atoms with Crippen LogP contribution >= 0.6 is 0 Å². The fourth-order valence-corrected chi connectivity index (χ4v) is 4.80. The number of aryl methyl sites for hydroxylation is 1. The van der Waals surface area contributed by atoms with Gasteiger partial charge in [0.1, 0.15) is 0 Å². The molecule has 0 saturated carbocycles. The van der Waals surface area contributed by atoms with Crippen molar-refractivity contribution in [3.05, 3.63) is 60.4 Å². The van der Waals surface area contributed by atoms with Crippen LogP contribution in [0.2, 0.25) is 0 Å². The number of nitrogens with zero attached hydrogens (tertiary/aromatic N) is 4. The Morgan fingerprint density at radius 3 is 2.29 bits per heavy atom. The lowest BCUT2D eigenvalue weighted by molar-refractivity contribution is 0.419. The second kappa shape index (κ2) is 8.30. The summed E-state index contributed by atoms with van der Waals surface area (Å²) >= 11 is 0.